The predicted molar refractivity (Wildman–Crippen MR) is 67.3 cm³/mol. The highest BCUT2D eigenvalue weighted by Gasteiger charge is 2.22. The molecule has 112 valence electrons. The molecule has 1 unspecified atom stereocenters. The van der Waals surface area contributed by atoms with E-state index in [2.05, 4.69) is 9.47 Å². The minimum atomic E-state index is -1.09. The Balaban J connectivity index is 4.48. The van der Waals surface area contributed by atoms with Crippen molar-refractivity contribution in [1.82, 2.24) is 4.90 Å². The summed E-state index contributed by atoms with van der Waals surface area (Å²) in [5, 5.41) is 9.39. The van der Waals surface area contributed by atoms with Gasteiger partial charge < -0.3 is 19.3 Å². The number of methoxy groups -OCH3 is 2. The molecule has 0 bridgehead atoms. The van der Waals surface area contributed by atoms with E-state index in [9.17, 15) is 14.7 Å². The average Bonchev–Trinajstić information content (AvgIpc) is 2.25. The number of carbonyl (C=O) groups is 2. The van der Waals surface area contributed by atoms with Crippen molar-refractivity contribution in [1.29, 1.82) is 0 Å². The largest absolute Gasteiger partial charge is 0.468 e. The van der Waals surface area contributed by atoms with Crippen LogP contribution >= 0.6 is 0 Å². The Morgan fingerprint density at radius 2 is 1.68 bits per heavy atom. The first-order valence-corrected chi connectivity index (χ1v) is 5.90. The number of nitrogens with zero attached hydrogens (tertiary/aromatic N) is 1. The maximum absolute atomic E-state index is 11.7. The van der Waals surface area contributed by atoms with Gasteiger partial charge >= 0.3 is 11.9 Å². The lowest BCUT2D eigenvalue weighted by Gasteiger charge is -2.25. The second-order valence-electron chi connectivity index (χ2n) is 5.02. The summed E-state index contributed by atoms with van der Waals surface area (Å²) in [6.45, 7) is 4.99. The molecule has 0 heterocycles. The Labute approximate surface area is 113 Å². The topological polar surface area (TPSA) is 85.3 Å². The summed E-state index contributed by atoms with van der Waals surface area (Å²) in [5.41, 5.74) is -0.603. The maximum atomic E-state index is 11.7. The lowest BCUT2D eigenvalue weighted by Crippen LogP contribution is -2.42. The van der Waals surface area contributed by atoms with E-state index >= 15 is 0 Å². The third kappa shape index (κ3) is 9.40. The van der Waals surface area contributed by atoms with Crippen LogP contribution in [0.5, 0.6) is 0 Å². The van der Waals surface area contributed by atoms with Crippen molar-refractivity contribution in [3.63, 3.8) is 0 Å². The Morgan fingerprint density at radius 1 is 1.16 bits per heavy atom. The molecule has 0 saturated carbocycles. The monoisotopic (exact) mass is 277 g/mol. The summed E-state index contributed by atoms with van der Waals surface area (Å²) in [4.78, 5) is 24.3. The van der Waals surface area contributed by atoms with Crippen molar-refractivity contribution in [2.24, 2.45) is 0 Å². The van der Waals surface area contributed by atoms with E-state index in [0.29, 0.717) is 0 Å². The van der Waals surface area contributed by atoms with Crippen molar-refractivity contribution < 1.29 is 28.9 Å². The average molecular weight is 277 g/mol. The van der Waals surface area contributed by atoms with Crippen LogP contribution in [-0.2, 0) is 23.8 Å². The normalized spacial score (nSPS) is 13.2. The SMILES string of the molecule is COC(=O)CN(CC(=O)OC(C)(C)C)CC(O)OC. The van der Waals surface area contributed by atoms with Gasteiger partial charge in [0.15, 0.2) is 6.29 Å². The fourth-order valence-corrected chi connectivity index (χ4v) is 1.28. The maximum Gasteiger partial charge on any atom is 0.320 e. The van der Waals surface area contributed by atoms with Crippen LogP contribution in [-0.4, -0.2) is 67.7 Å². The van der Waals surface area contributed by atoms with Crippen LogP contribution in [0.15, 0.2) is 0 Å². The number of hydrogen-bond acceptors (Lipinski definition) is 7. The highest BCUT2D eigenvalue weighted by molar-refractivity contribution is 5.75. The molecule has 0 aromatic heterocycles. The molecule has 0 radical (unpaired) electrons. The minimum Gasteiger partial charge on any atom is -0.468 e. The molecule has 7 heteroatoms. The van der Waals surface area contributed by atoms with Gasteiger partial charge in [-0.25, -0.2) is 0 Å². The van der Waals surface area contributed by atoms with Gasteiger partial charge in [-0.3, -0.25) is 14.5 Å². The lowest BCUT2D eigenvalue weighted by molar-refractivity contribution is -0.159. The molecular formula is C12H23NO6. The van der Waals surface area contributed by atoms with Gasteiger partial charge in [-0.15, -0.1) is 0 Å². The molecule has 0 aliphatic rings. The third-order valence-corrected chi connectivity index (χ3v) is 2.04. The van der Waals surface area contributed by atoms with Gasteiger partial charge in [0, 0.05) is 7.11 Å². The lowest BCUT2D eigenvalue weighted by atomic mass is 10.2. The van der Waals surface area contributed by atoms with E-state index in [-0.39, 0.29) is 19.6 Å². The zero-order valence-corrected chi connectivity index (χ0v) is 12.1. The molecule has 0 saturated heterocycles. The van der Waals surface area contributed by atoms with Crippen LogP contribution < -0.4 is 0 Å². The molecule has 19 heavy (non-hydrogen) atoms. The van der Waals surface area contributed by atoms with E-state index in [4.69, 9.17) is 4.74 Å². The van der Waals surface area contributed by atoms with Crippen molar-refractivity contribution in [3.05, 3.63) is 0 Å². The predicted octanol–water partition coefficient (Wildman–Crippen LogP) is -0.232. The van der Waals surface area contributed by atoms with Crippen molar-refractivity contribution >= 4 is 11.9 Å². The molecule has 0 fully saturated rings. The first-order chi connectivity index (χ1) is 8.67. The quantitative estimate of drug-likeness (QED) is 0.508. The minimum absolute atomic E-state index is 0.00480. The van der Waals surface area contributed by atoms with Crippen molar-refractivity contribution in [2.45, 2.75) is 32.7 Å². The fourth-order valence-electron chi connectivity index (χ4n) is 1.28. The number of aliphatic hydroxyl groups is 1. The van der Waals surface area contributed by atoms with Crippen LogP contribution in [0, 0.1) is 0 Å². The van der Waals surface area contributed by atoms with E-state index in [1.54, 1.807) is 20.8 Å². The van der Waals surface area contributed by atoms with Gasteiger partial charge in [0.05, 0.1) is 26.7 Å². The van der Waals surface area contributed by atoms with Gasteiger partial charge in [-0.2, -0.15) is 0 Å². The zero-order valence-electron chi connectivity index (χ0n) is 12.1. The smallest absolute Gasteiger partial charge is 0.320 e. The third-order valence-electron chi connectivity index (χ3n) is 2.04. The summed E-state index contributed by atoms with van der Waals surface area (Å²) in [5.74, 6) is -0.994. The van der Waals surface area contributed by atoms with Gasteiger partial charge in [0.2, 0.25) is 0 Å². The van der Waals surface area contributed by atoms with E-state index in [0.717, 1.165) is 0 Å². The summed E-state index contributed by atoms with van der Waals surface area (Å²) in [6.07, 6.45) is -1.09. The first-order valence-electron chi connectivity index (χ1n) is 5.90. The van der Waals surface area contributed by atoms with Crippen LogP contribution in [0.4, 0.5) is 0 Å². The standard InChI is InChI=1S/C12H23NO6/c1-12(2,3)19-11(16)8-13(6-9(14)17-4)7-10(15)18-5/h9,14H,6-8H2,1-5H3. The Morgan fingerprint density at radius 3 is 2.11 bits per heavy atom. The van der Waals surface area contributed by atoms with E-state index in [1.807, 2.05) is 0 Å². The second-order valence-corrected chi connectivity index (χ2v) is 5.02. The molecule has 1 N–H and O–H groups in total. The Hall–Kier alpha value is -1.18. The van der Waals surface area contributed by atoms with E-state index in [1.165, 1.54) is 19.1 Å². The summed E-state index contributed by atoms with van der Waals surface area (Å²) in [6, 6.07) is 0. The Kier molecular flexibility index (Phi) is 7.58. The molecule has 0 aromatic carbocycles. The van der Waals surface area contributed by atoms with Gasteiger partial charge in [0.25, 0.3) is 0 Å². The molecule has 0 aromatic rings. The van der Waals surface area contributed by atoms with Gasteiger partial charge in [-0.05, 0) is 20.8 Å². The number of rotatable bonds is 7. The first kappa shape index (κ1) is 17.8. The van der Waals surface area contributed by atoms with Crippen LogP contribution in [0.25, 0.3) is 0 Å². The van der Waals surface area contributed by atoms with Gasteiger partial charge in [-0.1, -0.05) is 0 Å². The van der Waals surface area contributed by atoms with Gasteiger partial charge in [0.1, 0.15) is 5.60 Å². The zero-order chi connectivity index (χ0) is 15.1. The molecule has 0 aliphatic carbocycles. The highest BCUT2D eigenvalue weighted by Crippen LogP contribution is 2.07. The Bertz CT molecular complexity index is 299. The molecule has 0 rings (SSSR count). The number of hydrogen-bond donors (Lipinski definition) is 1. The van der Waals surface area contributed by atoms with Crippen LogP contribution in [0.2, 0.25) is 0 Å². The number of aliphatic hydroxyl groups excluding tert-OH is 1. The fraction of sp³-hybridized carbons (Fsp3) is 0.833. The van der Waals surface area contributed by atoms with Crippen LogP contribution in [0.3, 0.4) is 0 Å². The molecule has 1 atom stereocenters. The molecule has 0 aliphatic heterocycles. The van der Waals surface area contributed by atoms with Crippen LogP contribution in [0.1, 0.15) is 20.8 Å². The summed E-state index contributed by atoms with van der Waals surface area (Å²) in [7, 11) is 2.58. The molecule has 0 spiro atoms. The van der Waals surface area contributed by atoms with Crippen molar-refractivity contribution in [3.8, 4) is 0 Å². The highest BCUT2D eigenvalue weighted by atomic mass is 16.6. The van der Waals surface area contributed by atoms with Crippen molar-refractivity contribution in [2.75, 3.05) is 33.9 Å². The second kappa shape index (κ2) is 8.08. The molecule has 7 nitrogen and oxygen atoms in total. The number of carbonyl (C=O) groups excluding carboxylic acids is 2. The van der Waals surface area contributed by atoms with E-state index < -0.39 is 23.8 Å². The molecular weight excluding hydrogens is 254 g/mol. The summed E-state index contributed by atoms with van der Waals surface area (Å²) >= 11 is 0. The summed E-state index contributed by atoms with van der Waals surface area (Å²) < 4.78 is 14.4. The molecule has 0 amide bonds. The number of ether oxygens (including phenoxy) is 3. The number of esters is 2.